The van der Waals surface area contributed by atoms with Crippen LogP contribution >= 0.6 is 0 Å². The van der Waals surface area contributed by atoms with Gasteiger partial charge in [0, 0.05) is 0 Å². The predicted octanol–water partition coefficient (Wildman–Crippen LogP) is -2.31. The summed E-state index contributed by atoms with van der Waals surface area (Å²) in [6.07, 6.45) is 0. The molecule has 0 saturated heterocycles. The standard InChI is InChI=1S/C11H11NO6/c13-9(14)5-12(6-10(15)16)8-4-2-1-3-7(8)11(17)18/h1-4H,5-6H2,(H,13,14)(H,15,16)(H,17,18)/p-2. The van der Waals surface area contributed by atoms with Crippen molar-refractivity contribution in [1.29, 1.82) is 0 Å². The molecule has 18 heavy (non-hydrogen) atoms. The van der Waals surface area contributed by atoms with Crippen molar-refractivity contribution in [2.75, 3.05) is 18.0 Å². The van der Waals surface area contributed by atoms with Crippen LogP contribution in [0.1, 0.15) is 10.4 Å². The van der Waals surface area contributed by atoms with E-state index in [-0.39, 0.29) is 11.3 Å². The second kappa shape index (κ2) is 5.67. The molecule has 1 rings (SSSR count). The lowest BCUT2D eigenvalue weighted by atomic mass is 10.1. The summed E-state index contributed by atoms with van der Waals surface area (Å²) < 4.78 is 0. The molecule has 0 aliphatic heterocycles. The van der Waals surface area contributed by atoms with Gasteiger partial charge < -0.3 is 29.8 Å². The minimum absolute atomic E-state index is 0.0154. The molecule has 0 amide bonds. The Labute approximate surface area is 102 Å². The molecule has 0 aliphatic rings. The van der Waals surface area contributed by atoms with Gasteiger partial charge in [-0.25, -0.2) is 4.79 Å². The number of benzene rings is 1. The first-order valence-electron chi connectivity index (χ1n) is 4.88. The number of hydrogen-bond acceptors (Lipinski definition) is 6. The third kappa shape index (κ3) is 3.48. The van der Waals surface area contributed by atoms with Crippen LogP contribution in [0.15, 0.2) is 24.3 Å². The lowest BCUT2D eigenvalue weighted by Crippen LogP contribution is -2.44. The van der Waals surface area contributed by atoms with Gasteiger partial charge in [-0.1, -0.05) is 12.1 Å². The van der Waals surface area contributed by atoms with Gasteiger partial charge in [-0.05, 0) is 12.1 Å². The first kappa shape index (κ1) is 13.5. The molecular weight excluding hydrogens is 242 g/mol. The zero-order valence-corrected chi connectivity index (χ0v) is 9.16. The molecule has 7 nitrogen and oxygen atoms in total. The van der Waals surface area contributed by atoms with E-state index in [1.807, 2.05) is 0 Å². The van der Waals surface area contributed by atoms with Gasteiger partial charge in [0.15, 0.2) is 0 Å². The lowest BCUT2D eigenvalue weighted by Gasteiger charge is -2.26. The second-order valence-electron chi connectivity index (χ2n) is 3.42. The van der Waals surface area contributed by atoms with Crippen LogP contribution in [-0.4, -0.2) is 36.1 Å². The molecule has 1 aromatic rings. The highest BCUT2D eigenvalue weighted by molar-refractivity contribution is 5.95. The Morgan fingerprint density at radius 1 is 1.06 bits per heavy atom. The maximum absolute atomic E-state index is 10.9. The Kier molecular flexibility index (Phi) is 4.25. The number of hydrogen-bond donors (Lipinski definition) is 1. The number of carboxylic acid groups (broad SMARTS) is 3. The van der Waals surface area contributed by atoms with E-state index in [1.54, 1.807) is 0 Å². The van der Waals surface area contributed by atoms with Gasteiger partial charge in [0.05, 0.1) is 36.3 Å². The minimum atomic E-state index is -1.52. The van der Waals surface area contributed by atoms with Crippen molar-refractivity contribution >= 4 is 23.6 Å². The SMILES string of the molecule is O=C([O-])CN(CC(=O)[O-])c1ccccc1C(=O)O. The maximum atomic E-state index is 10.9. The van der Waals surface area contributed by atoms with E-state index in [1.165, 1.54) is 24.3 Å². The monoisotopic (exact) mass is 251 g/mol. The van der Waals surface area contributed by atoms with E-state index in [9.17, 15) is 24.6 Å². The molecule has 0 aliphatic carbocycles. The Hall–Kier alpha value is -2.57. The van der Waals surface area contributed by atoms with Crippen molar-refractivity contribution in [2.24, 2.45) is 0 Å². The fourth-order valence-electron chi connectivity index (χ4n) is 1.47. The van der Waals surface area contributed by atoms with Gasteiger partial charge in [0.2, 0.25) is 0 Å². The van der Waals surface area contributed by atoms with Crippen molar-refractivity contribution in [2.45, 2.75) is 0 Å². The molecule has 0 unspecified atom stereocenters. The molecule has 0 heterocycles. The molecule has 0 bridgehead atoms. The molecule has 0 radical (unpaired) electrons. The van der Waals surface area contributed by atoms with Gasteiger partial charge >= 0.3 is 5.97 Å². The first-order chi connectivity index (χ1) is 8.41. The molecule has 1 aromatic carbocycles. The summed E-state index contributed by atoms with van der Waals surface area (Å²) in [5.41, 5.74) is -0.210. The molecular formula is C11H9NO6-2. The topological polar surface area (TPSA) is 121 Å². The van der Waals surface area contributed by atoms with E-state index in [2.05, 4.69) is 0 Å². The Bertz CT molecular complexity index is 468. The summed E-state index contributed by atoms with van der Waals surface area (Å²) in [5.74, 6) is -4.32. The van der Waals surface area contributed by atoms with Gasteiger partial charge in [-0.2, -0.15) is 0 Å². The van der Waals surface area contributed by atoms with Crippen LogP contribution in [0.5, 0.6) is 0 Å². The van der Waals surface area contributed by atoms with Gasteiger partial charge in [0.1, 0.15) is 0 Å². The molecule has 1 N–H and O–H groups in total. The molecule has 0 saturated carbocycles. The Morgan fingerprint density at radius 3 is 2.00 bits per heavy atom. The number of para-hydroxylation sites is 1. The number of rotatable bonds is 6. The van der Waals surface area contributed by atoms with Gasteiger partial charge in [0.25, 0.3) is 0 Å². The molecule has 96 valence electrons. The molecule has 0 atom stereocenters. The number of anilines is 1. The van der Waals surface area contributed by atoms with Crippen LogP contribution in [0.2, 0.25) is 0 Å². The largest absolute Gasteiger partial charge is 0.548 e. The molecule has 0 fully saturated rings. The number of aromatic carboxylic acids is 1. The van der Waals surface area contributed by atoms with Crippen molar-refractivity contribution in [3.05, 3.63) is 29.8 Å². The summed E-state index contributed by atoms with van der Waals surface area (Å²) in [7, 11) is 0. The van der Waals surface area contributed by atoms with E-state index < -0.39 is 31.0 Å². The van der Waals surface area contributed by atoms with Crippen LogP contribution in [-0.2, 0) is 9.59 Å². The Morgan fingerprint density at radius 2 is 1.56 bits per heavy atom. The number of carbonyl (C=O) groups excluding carboxylic acids is 2. The van der Waals surface area contributed by atoms with Crippen molar-refractivity contribution in [3.8, 4) is 0 Å². The molecule has 0 spiro atoms. The summed E-state index contributed by atoms with van der Waals surface area (Å²) in [5, 5.41) is 30.0. The summed E-state index contributed by atoms with van der Waals surface area (Å²) >= 11 is 0. The summed E-state index contributed by atoms with van der Waals surface area (Å²) in [6, 6.07) is 5.48. The average Bonchev–Trinajstić information content (AvgIpc) is 2.26. The zero-order chi connectivity index (χ0) is 13.7. The fourth-order valence-corrected chi connectivity index (χ4v) is 1.47. The highest BCUT2D eigenvalue weighted by atomic mass is 16.4. The van der Waals surface area contributed by atoms with E-state index in [4.69, 9.17) is 5.11 Å². The van der Waals surface area contributed by atoms with Crippen molar-refractivity contribution in [1.82, 2.24) is 0 Å². The normalized spacial score (nSPS) is 9.78. The summed E-state index contributed by atoms with van der Waals surface area (Å²) in [6.45, 7) is -1.48. The van der Waals surface area contributed by atoms with E-state index >= 15 is 0 Å². The smallest absolute Gasteiger partial charge is 0.337 e. The number of carbonyl (C=O) groups is 3. The fraction of sp³-hybridized carbons (Fsp3) is 0.182. The quantitative estimate of drug-likeness (QED) is 0.602. The average molecular weight is 251 g/mol. The van der Waals surface area contributed by atoms with E-state index in [0.29, 0.717) is 0 Å². The van der Waals surface area contributed by atoms with Crippen LogP contribution in [0.3, 0.4) is 0 Å². The molecule has 7 heteroatoms. The highest BCUT2D eigenvalue weighted by Gasteiger charge is 2.15. The lowest BCUT2D eigenvalue weighted by molar-refractivity contribution is -0.304. The third-order valence-electron chi connectivity index (χ3n) is 2.12. The van der Waals surface area contributed by atoms with Gasteiger partial charge in [-0.15, -0.1) is 0 Å². The van der Waals surface area contributed by atoms with Crippen LogP contribution in [0.4, 0.5) is 5.69 Å². The van der Waals surface area contributed by atoms with Crippen molar-refractivity contribution in [3.63, 3.8) is 0 Å². The second-order valence-corrected chi connectivity index (χ2v) is 3.42. The maximum Gasteiger partial charge on any atom is 0.337 e. The highest BCUT2D eigenvalue weighted by Crippen LogP contribution is 2.19. The summed E-state index contributed by atoms with van der Waals surface area (Å²) in [4.78, 5) is 32.9. The number of carboxylic acids is 3. The zero-order valence-electron chi connectivity index (χ0n) is 9.16. The molecule has 0 aromatic heterocycles. The first-order valence-corrected chi connectivity index (χ1v) is 4.88. The Balaban J connectivity index is 3.15. The minimum Gasteiger partial charge on any atom is -0.548 e. The van der Waals surface area contributed by atoms with Crippen LogP contribution < -0.4 is 15.1 Å². The predicted molar refractivity (Wildman–Crippen MR) is 55.6 cm³/mol. The van der Waals surface area contributed by atoms with Gasteiger partial charge in [-0.3, -0.25) is 0 Å². The van der Waals surface area contributed by atoms with E-state index in [0.717, 1.165) is 4.90 Å². The van der Waals surface area contributed by atoms with Crippen LogP contribution in [0, 0.1) is 0 Å². The van der Waals surface area contributed by atoms with Crippen LogP contribution in [0.25, 0.3) is 0 Å². The number of aliphatic carboxylic acids is 2. The number of nitrogens with zero attached hydrogens (tertiary/aromatic N) is 1. The third-order valence-corrected chi connectivity index (χ3v) is 2.12. The van der Waals surface area contributed by atoms with Crippen molar-refractivity contribution < 1.29 is 29.7 Å².